The molecule has 5 rings (SSSR count). The highest BCUT2D eigenvalue weighted by atomic mass is 19.1. The molecule has 0 amide bonds. The summed E-state index contributed by atoms with van der Waals surface area (Å²) in [6, 6.07) is 22.7. The largest absolute Gasteiger partial charge is 0.508 e. The summed E-state index contributed by atoms with van der Waals surface area (Å²) in [4.78, 5) is 2.19. The molecule has 3 aromatic carbocycles. The van der Waals surface area contributed by atoms with Gasteiger partial charge in [-0.25, -0.2) is 0 Å². The second-order valence-corrected chi connectivity index (χ2v) is 9.11. The van der Waals surface area contributed by atoms with Crippen molar-refractivity contribution in [2.45, 2.75) is 13.0 Å². The number of phenolic OH excluding ortho intramolecular Hbond substituents is 1. The van der Waals surface area contributed by atoms with Gasteiger partial charge in [-0.15, -0.1) is 0 Å². The summed E-state index contributed by atoms with van der Waals surface area (Å²) in [6.45, 7) is 4.73. The quantitative estimate of drug-likeness (QED) is 0.486. The molecule has 1 fully saturated rings. The molecule has 0 radical (unpaired) electrons. The van der Waals surface area contributed by atoms with Crippen molar-refractivity contribution in [2.75, 3.05) is 32.9 Å². The molecular formula is C29H27FN2O3. The number of alkyl halides is 1. The van der Waals surface area contributed by atoms with E-state index in [-0.39, 0.29) is 18.3 Å². The van der Waals surface area contributed by atoms with Gasteiger partial charge in [0.2, 0.25) is 0 Å². The molecule has 0 bridgehead atoms. The summed E-state index contributed by atoms with van der Waals surface area (Å²) in [5.41, 5.74) is 5.38. The maximum absolute atomic E-state index is 12.6. The fourth-order valence-electron chi connectivity index (χ4n) is 4.79. The highest BCUT2D eigenvalue weighted by Crippen LogP contribution is 2.47. The molecule has 178 valence electrons. The zero-order chi connectivity index (χ0) is 24.4. The Labute approximate surface area is 204 Å². The molecule has 3 aromatic rings. The average Bonchev–Trinajstić information content (AvgIpc) is 2.85. The lowest BCUT2D eigenvalue weighted by Crippen LogP contribution is -2.49. The highest BCUT2D eigenvalue weighted by Gasteiger charge is 2.30. The number of hydrogen-bond donors (Lipinski definition) is 1. The van der Waals surface area contributed by atoms with Crippen LogP contribution in [-0.4, -0.2) is 42.9 Å². The van der Waals surface area contributed by atoms with Gasteiger partial charge in [-0.3, -0.25) is 9.29 Å². The predicted octanol–water partition coefficient (Wildman–Crippen LogP) is 5.61. The number of aromatic hydroxyl groups is 1. The Bertz CT molecular complexity index is 1290. The first-order chi connectivity index (χ1) is 17.1. The third-order valence-electron chi connectivity index (χ3n) is 6.69. The van der Waals surface area contributed by atoms with Crippen molar-refractivity contribution in [3.63, 3.8) is 0 Å². The van der Waals surface area contributed by atoms with E-state index in [1.54, 1.807) is 18.2 Å². The standard InChI is InChI=1S/C29H27FN2O3/c1-19-26-10-7-24(33)14-27(26)35-29(28(19)23-4-2-3-20(13-23)16-31)22-5-8-25(9-6-22)34-12-11-32-17-21(15-30)18-32/h2-10,13-14,21,29,33H,11-12,15,17-18H2,1H3/t29-/m1/s1. The summed E-state index contributed by atoms with van der Waals surface area (Å²) in [7, 11) is 0. The van der Waals surface area contributed by atoms with Crippen LogP contribution in [0.3, 0.4) is 0 Å². The number of phenols is 1. The van der Waals surface area contributed by atoms with E-state index in [0.717, 1.165) is 53.2 Å². The first-order valence-electron chi connectivity index (χ1n) is 11.8. The first-order valence-corrected chi connectivity index (χ1v) is 11.8. The third-order valence-corrected chi connectivity index (χ3v) is 6.69. The van der Waals surface area contributed by atoms with Crippen molar-refractivity contribution >= 4 is 11.1 Å². The van der Waals surface area contributed by atoms with Crippen molar-refractivity contribution in [1.82, 2.24) is 4.90 Å². The highest BCUT2D eigenvalue weighted by molar-refractivity contribution is 5.95. The Morgan fingerprint density at radius 3 is 2.66 bits per heavy atom. The second kappa shape index (κ2) is 9.81. The van der Waals surface area contributed by atoms with Gasteiger partial charge in [-0.05, 0) is 60.0 Å². The number of allylic oxidation sites excluding steroid dienone is 1. The summed E-state index contributed by atoms with van der Waals surface area (Å²) in [6.07, 6.45) is -0.411. The minimum Gasteiger partial charge on any atom is -0.508 e. The van der Waals surface area contributed by atoms with Gasteiger partial charge in [0.1, 0.15) is 30.0 Å². The molecule has 0 aliphatic carbocycles. The van der Waals surface area contributed by atoms with Gasteiger partial charge >= 0.3 is 0 Å². The van der Waals surface area contributed by atoms with Gasteiger partial charge in [0.05, 0.1) is 18.3 Å². The van der Waals surface area contributed by atoms with Crippen LogP contribution in [0.1, 0.15) is 35.3 Å². The minimum atomic E-state index is -0.411. The number of halogens is 1. The zero-order valence-corrected chi connectivity index (χ0v) is 19.6. The summed E-state index contributed by atoms with van der Waals surface area (Å²) >= 11 is 0. The van der Waals surface area contributed by atoms with Crippen LogP contribution in [0.2, 0.25) is 0 Å². The molecule has 6 heteroatoms. The van der Waals surface area contributed by atoms with E-state index >= 15 is 0 Å². The Hall–Kier alpha value is -3.82. The van der Waals surface area contributed by atoms with Crippen LogP contribution in [0.4, 0.5) is 4.39 Å². The number of ether oxygens (including phenoxy) is 2. The van der Waals surface area contributed by atoms with Gasteiger partial charge < -0.3 is 14.6 Å². The summed E-state index contributed by atoms with van der Waals surface area (Å²) < 4.78 is 24.9. The number of benzene rings is 3. The van der Waals surface area contributed by atoms with Crippen molar-refractivity contribution in [3.8, 4) is 23.3 Å². The normalized spacial score (nSPS) is 17.8. The SMILES string of the molecule is CC1=C(c2cccc(C#N)c2)[C@@H](c2ccc(OCCN3CC(CF)C3)cc2)Oc2cc(O)ccc21. The topological polar surface area (TPSA) is 65.7 Å². The van der Waals surface area contributed by atoms with Gasteiger partial charge in [0.15, 0.2) is 0 Å². The molecular weight excluding hydrogens is 443 g/mol. The number of rotatable bonds is 7. The summed E-state index contributed by atoms with van der Waals surface area (Å²) in [5.74, 6) is 1.71. The molecule has 0 aromatic heterocycles. The van der Waals surface area contributed by atoms with E-state index in [9.17, 15) is 14.8 Å². The molecule has 1 N–H and O–H groups in total. The monoisotopic (exact) mass is 470 g/mol. The molecule has 35 heavy (non-hydrogen) atoms. The number of fused-ring (bicyclic) bond motifs is 1. The van der Waals surface area contributed by atoms with E-state index in [1.165, 1.54) is 0 Å². The van der Waals surface area contributed by atoms with Crippen LogP contribution in [0, 0.1) is 17.2 Å². The first kappa shape index (κ1) is 22.9. The Balaban J connectivity index is 1.40. The zero-order valence-electron chi connectivity index (χ0n) is 19.6. The van der Waals surface area contributed by atoms with Crippen LogP contribution in [0.15, 0.2) is 66.7 Å². The molecule has 1 atom stereocenters. The lowest BCUT2D eigenvalue weighted by Gasteiger charge is -2.37. The molecule has 2 aliphatic rings. The molecule has 0 unspecified atom stereocenters. The Kier molecular flexibility index (Phi) is 6.43. The molecule has 1 saturated heterocycles. The minimum absolute atomic E-state index is 0.147. The van der Waals surface area contributed by atoms with Crippen LogP contribution in [0.25, 0.3) is 11.1 Å². The molecule has 0 saturated carbocycles. The fraction of sp³-hybridized carbons (Fsp3) is 0.276. The molecule has 2 heterocycles. The van der Waals surface area contributed by atoms with Crippen molar-refractivity contribution in [3.05, 3.63) is 89.0 Å². The lowest BCUT2D eigenvalue weighted by atomic mass is 9.85. The van der Waals surface area contributed by atoms with Crippen molar-refractivity contribution in [2.24, 2.45) is 5.92 Å². The van der Waals surface area contributed by atoms with Crippen LogP contribution in [-0.2, 0) is 0 Å². The van der Waals surface area contributed by atoms with E-state index in [0.29, 0.717) is 17.9 Å². The van der Waals surface area contributed by atoms with E-state index < -0.39 is 6.10 Å². The maximum atomic E-state index is 12.6. The number of nitrogens with zero attached hydrogens (tertiary/aromatic N) is 2. The van der Waals surface area contributed by atoms with Gasteiger partial charge in [-0.1, -0.05) is 24.3 Å². The van der Waals surface area contributed by atoms with Crippen LogP contribution in [0.5, 0.6) is 17.2 Å². The number of nitriles is 1. The lowest BCUT2D eigenvalue weighted by molar-refractivity contribution is 0.0668. The Morgan fingerprint density at radius 2 is 1.91 bits per heavy atom. The maximum Gasteiger partial charge on any atom is 0.150 e. The van der Waals surface area contributed by atoms with E-state index in [1.807, 2.05) is 55.5 Å². The molecule has 5 nitrogen and oxygen atoms in total. The van der Waals surface area contributed by atoms with Crippen LogP contribution >= 0.6 is 0 Å². The summed E-state index contributed by atoms with van der Waals surface area (Å²) in [5, 5.41) is 19.4. The van der Waals surface area contributed by atoms with Gasteiger partial charge in [0.25, 0.3) is 0 Å². The molecule has 2 aliphatic heterocycles. The third kappa shape index (κ3) is 4.73. The van der Waals surface area contributed by atoms with Gasteiger partial charge in [-0.2, -0.15) is 5.26 Å². The van der Waals surface area contributed by atoms with E-state index in [2.05, 4.69) is 11.0 Å². The molecule has 0 spiro atoms. The van der Waals surface area contributed by atoms with Crippen molar-refractivity contribution < 1.29 is 19.0 Å². The van der Waals surface area contributed by atoms with Crippen molar-refractivity contribution in [1.29, 1.82) is 5.26 Å². The number of likely N-dealkylation sites (tertiary alicyclic amines) is 1. The Morgan fingerprint density at radius 1 is 1.11 bits per heavy atom. The second-order valence-electron chi connectivity index (χ2n) is 9.11. The van der Waals surface area contributed by atoms with Crippen LogP contribution < -0.4 is 9.47 Å². The van der Waals surface area contributed by atoms with E-state index in [4.69, 9.17) is 9.47 Å². The smallest absolute Gasteiger partial charge is 0.150 e. The average molecular weight is 471 g/mol. The van der Waals surface area contributed by atoms with Gasteiger partial charge in [0, 0.05) is 42.8 Å². The number of hydrogen-bond acceptors (Lipinski definition) is 5. The predicted molar refractivity (Wildman–Crippen MR) is 133 cm³/mol. The fourth-order valence-corrected chi connectivity index (χ4v) is 4.79.